The van der Waals surface area contributed by atoms with Crippen molar-refractivity contribution in [2.45, 2.75) is 0 Å². The molecule has 0 amide bonds. The van der Waals surface area contributed by atoms with Crippen molar-refractivity contribution in [2.24, 2.45) is 0 Å². The van der Waals surface area contributed by atoms with Gasteiger partial charge in [-0.25, -0.2) is 4.39 Å². The van der Waals surface area contributed by atoms with E-state index in [-0.39, 0.29) is 5.02 Å². The minimum atomic E-state index is -0.457. The molecule has 0 aliphatic rings. The Morgan fingerprint density at radius 3 is 2.71 bits per heavy atom. The van der Waals surface area contributed by atoms with Crippen LogP contribution in [0, 0.1) is 17.1 Å². The molecule has 0 spiro atoms. The lowest BCUT2D eigenvalue weighted by molar-refractivity contribution is 0.628. The van der Waals surface area contributed by atoms with Crippen molar-refractivity contribution in [1.82, 2.24) is 0 Å². The topological polar surface area (TPSA) is 49.8 Å². The van der Waals surface area contributed by atoms with Gasteiger partial charge in [0.2, 0.25) is 0 Å². The molecule has 0 bridgehead atoms. The lowest BCUT2D eigenvalue weighted by Gasteiger charge is -2.08. The SMILES string of the molecule is N#Cc1cccc(-c2cc(F)cc(Cl)c2N)c1. The predicted octanol–water partition coefficient (Wildman–Crippen LogP) is 3.60. The van der Waals surface area contributed by atoms with Gasteiger partial charge in [0.1, 0.15) is 5.82 Å². The number of anilines is 1. The molecule has 84 valence electrons. The molecule has 4 heteroatoms. The number of nitrogens with zero attached hydrogens (tertiary/aromatic N) is 1. The van der Waals surface area contributed by atoms with E-state index in [2.05, 4.69) is 0 Å². The molecule has 0 fully saturated rings. The molecule has 2 N–H and O–H groups in total. The number of rotatable bonds is 1. The largest absolute Gasteiger partial charge is 0.397 e. The molecule has 0 heterocycles. The fraction of sp³-hybridized carbons (Fsp3) is 0. The third-order valence-electron chi connectivity index (χ3n) is 2.40. The van der Waals surface area contributed by atoms with Gasteiger partial charge in [-0.1, -0.05) is 23.7 Å². The molecule has 0 saturated carbocycles. The summed E-state index contributed by atoms with van der Waals surface area (Å²) in [5.74, 6) is -0.457. The molecule has 0 radical (unpaired) electrons. The molecule has 0 aliphatic heterocycles. The van der Waals surface area contributed by atoms with Crippen molar-refractivity contribution in [3.05, 3.63) is 52.8 Å². The summed E-state index contributed by atoms with van der Waals surface area (Å²) in [4.78, 5) is 0. The first-order valence-corrected chi connectivity index (χ1v) is 5.24. The van der Waals surface area contributed by atoms with E-state index in [1.54, 1.807) is 24.3 Å². The van der Waals surface area contributed by atoms with Crippen LogP contribution < -0.4 is 5.73 Å². The van der Waals surface area contributed by atoms with Gasteiger partial charge in [0.25, 0.3) is 0 Å². The zero-order chi connectivity index (χ0) is 12.4. The smallest absolute Gasteiger partial charge is 0.125 e. The standard InChI is InChI=1S/C13H8ClFN2/c14-12-6-10(15)5-11(13(12)17)9-3-1-2-8(4-9)7-16/h1-6H,17H2. The van der Waals surface area contributed by atoms with Gasteiger partial charge in [-0.3, -0.25) is 0 Å². The van der Waals surface area contributed by atoms with Gasteiger partial charge in [-0.15, -0.1) is 0 Å². The molecule has 2 nitrogen and oxygen atoms in total. The van der Waals surface area contributed by atoms with Gasteiger partial charge in [0, 0.05) is 5.56 Å². The Bertz CT molecular complexity index is 617. The van der Waals surface area contributed by atoms with Crippen molar-refractivity contribution in [2.75, 3.05) is 5.73 Å². The van der Waals surface area contributed by atoms with Crippen LogP contribution in [0.2, 0.25) is 5.02 Å². The quantitative estimate of drug-likeness (QED) is 0.782. The van der Waals surface area contributed by atoms with E-state index in [4.69, 9.17) is 22.6 Å². The molecule has 17 heavy (non-hydrogen) atoms. The first kappa shape index (κ1) is 11.4. The van der Waals surface area contributed by atoms with Crippen LogP contribution in [-0.4, -0.2) is 0 Å². The Morgan fingerprint density at radius 1 is 1.24 bits per heavy atom. The summed E-state index contributed by atoms with van der Waals surface area (Å²) in [7, 11) is 0. The van der Waals surface area contributed by atoms with Crippen molar-refractivity contribution in [1.29, 1.82) is 5.26 Å². The van der Waals surface area contributed by atoms with E-state index >= 15 is 0 Å². The van der Waals surface area contributed by atoms with Gasteiger partial charge in [0.05, 0.1) is 22.3 Å². The van der Waals surface area contributed by atoms with Crippen LogP contribution in [0.25, 0.3) is 11.1 Å². The molecule has 0 unspecified atom stereocenters. The zero-order valence-corrected chi connectivity index (χ0v) is 9.50. The van der Waals surface area contributed by atoms with Crippen LogP contribution >= 0.6 is 11.6 Å². The van der Waals surface area contributed by atoms with Crippen LogP contribution in [0.15, 0.2) is 36.4 Å². The fourth-order valence-corrected chi connectivity index (χ4v) is 1.79. The Morgan fingerprint density at radius 2 is 2.00 bits per heavy atom. The average Bonchev–Trinajstić information content (AvgIpc) is 2.34. The molecule has 2 aromatic rings. The summed E-state index contributed by atoms with van der Waals surface area (Å²) in [6.07, 6.45) is 0. The third-order valence-corrected chi connectivity index (χ3v) is 2.71. The number of nitrogens with two attached hydrogens (primary N) is 1. The highest BCUT2D eigenvalue weighted by Crippen LogP contribution is 2.32. The maximum absolute atomic E-state index is 13.3. The highest BCUT2D eigenvalue weighted by Gasteiger charge is 2.09. The number of hydrogen-bond donors (Lipinski definition) is 1. The lowest BCUT2D eigenvalue weighted by atomic mass is 10.0. The second-order valence-corrected chi connectivity index (χ2v) is 3.95. The average molecular weight is 247 g/mol. The normalized spacial score (nSPS) is 9.94. The molecular formula is C13H8ClFN2. The van der Waals surface area contributed by atoms with Crippen LogP contribution in [0.1, 0.15) is 5.56 Å². The molecule has 2 rings (SSSR count). The molecule has 0 aromatic heterocycles. The summed E-state index contributed by atoms with van der Waals surface area (Å²) < 4.78 is 13.3. The van der Waals surface area contributed by atoms with E-state index in [0.717, 1.165) is 6.07 Å². The Labute approximate surface area is 103 Å². The minimum Gasteiger partial charge on any atom is -0.397 e. The van der Waals surface area contributed by atoms with Crippen molar-refractivity contribution in [3.8, 4) is 17.2 Å². The van der Waals surface area contributed by atoms with E-state index in [1.807, 2.05) is 6.07 Å². The van der Waals surface area contributed by atoms with Crippen LogP contribution in [0.5, 0.6) is 0 Å². The summed E-state index contributed by atoms with van der Waals surface area (Å²) >= 11 is 5.81. The highest BCUT2D eigenvalue weighted by atomic mass is 35.5. The molecule has 0 saturated heterocycles. The zero-order valence-electron chi connectivity index (χ0n) is 8.74. The minimum absolute atomic E-state index is 0.169. The highest BCUT2D eigenvalue weighted by molar-refractivity contribution is 6.33. The number of benzene rings is 2. The van der Waals surface area contributed by atoms with E-state index in [9.17, 15) is 4.39 Å². The predicted molar refractivity (Wildman–Crippen MR) is 66.0 cm³/mol. The number of nitriles is 1. The van der Waals surface area contributed by atoms with Crippen LogP contribution in [-0.2, 0) is 0 Å². The Balaban J connectivity index is 2.64. The summed E-state index contributed by atoms with van der Waals surface area (Å²) in [5, 5.41) is 8.97. The van der Waals surface area contributed by atoms with Crippen LogP contribution in [0.3, 0.4) is 0 Å². The molecular weight excluding hydrogens is 239 g/mol. The Kier molecular flexibility index (Phi) is 2.99. The van der Waals surface area contributed by atoms with E-state index < -0.39 is 5.82 Å². The number of halogens is 2. The van der Waals surface area contributed by atoms with Gasteiger partial charge in [0.15, 0.2) is 0 Å². The summed E-state index contributed by atoms with van der Waals surface area (Å²) in [6, 6.07) is 11.3. The maximum atomic E-state index is 13.3. The van der Waals surface area contributed by atoms with E-state index in [1.165, 1.54) is 6.07 Å². The molecule has 0 atom stereocenters. The lowest BCUT2D eigenvalue weighted by Crippen LogP contribution is -1.93. The first-order chi connectivity index (χ1) is 8.11. The van der Waals surface area contributed by atoms with Crippen LogP contribution in [0.4, 0.5) is 10.1 Å². The number of hydrogen-bond acceptors (Lipinski definition) is 2. The Hall–Kier alpha value is -2.05. The summed E-state index contributed by atoms with van der Waals surface area (Å²) in [5.41, 5.74) is 7.75. The third kappa shape index (κ3) is 2.22. The fourth-order valence-electron chi connectivity index (χ4n) is 1.58. The molecule has 0 aliphatic carbocycles. The summed E-state index contributed by atoms with van der Waals surface area (Å²) in [6.45, 7) is 0. The molecule has 2 aromatic carbocycles. The van der Waals surface area contributed by atoms with E-state index in [0.29, 0.717) is 22.4 Å². The van der Waals surface area contributed by atoms with Crippen molar-refractivity contribution >= 4 is 17.3 Å². The second kappa shape index (κ2) is 4.44. The van der Waals surface area contributed by atoms with Gasteiger partial charge < -0.3 is 5.73 Å². The monoisotopic (exact) mass is 246 g/mol. The van der Waals surface area contributed by atoms with Crippen molar-refractivity contribution < 1.29 is 4.39 Å². The maximum Gasteiger partial charge on any atom is 0.125 e. The van der Waals surface area contributed by atoms with Crippen molar-refractivity contribution in [3.63, 3.8) is 0 Å². The van der Waals surface area contributed by atoms with Gasteiger partial charge in [-0.2, -0.15) is 5.26 Å². The van der Waals surface area contributed by atoms with Gasteiger partial charge in [-0.05, 0) is 29.8 Å². The van der Waals surface area contributed by atoms with Gasteiger partial charge >= 0.3 is 0 Å². The first-order valence-electron chi connectivity index (χ1n) is 4.87. The second-order valence-electron chi connectivity index (χ2n) is 3.54. The number of nitrogen functional groups attached to an aromatic ring is 1.